The molecule has 2 aliphatic rings. The van der Waals surface area contributed by atoms with Gasteiger partial charge in [-0.25, -0.2) is 0 Å². The Bertz CT molecular complexity index is 356. The first-order valence-corrected chi connectivity index (χ1v) is 7.83. The molecule has 0 aromatic carbocycles. The molecule has 0 aromatic rings. The summed E-state index contributed by atoms with van der Waals surface area (Å²) in [6, 6.07) is 0. The zero-order valence-electron chi connectivity index (χ0n) is 12.3. The summed E-state index contributed by atoms with van der Waals surface area (Å²) in [5, 5.41) is 0. The molecule has 1 aliphatic carbocycles. The van der Waals surface area contributed by atoms with Gasteiger partial charge < -0.3 is 16.4 Å². The van der Waals surface area contributed by atoms with Gasteiger partial charge in [0.2, 0.25) is 11.8 Å². The summed E-state index contributed by atoms with van der Waals surface area (Å²) in [6.45, 7) is 1.49. The van der Waals surface area contributed by atoms with Gasteiger partial charge in [0, 0.05) is 31.5 Å². The minimum Gasteiger partial charge on any atom is -0.370 e. The topological polar surface area (TPSA) is 89.4 Å². The van der Waals surface area contributed by atoms with E-state index in [9.17, 15) is 9.59 Å². The van der Waals surface area contributed by atoms with Gasteiger partial charge in [0.1, 0.15) is 0 Å². The molecule has 1 heterocycles. The van der Waals surface area contributed by atoms with E-state index < -0.39 is 0 Å². The quantitative estimate of drug-likeness (QED) is 0.810. The number of primary amides is 1. The van der Waals surface area contributed by atoms with Gasteiger partial charge in [-0.2, -0.15) is 0 Å². The van der Waals surface area contributed by atoms with Crippen molar-refractivity contribution in [3.05, 3.63) is 0 Å². The standard InChI is InChI=1S/C15H27N3O2/c16-13(19)10-12-4-8-18(9-5-12)14(20)11-15(17)6-2-1-3-7-15/h12H,1-11,17H2,(H2,16,19). The van der Waals surface area contributed by atoms with Gasteiger partial charge in [0.25, 0.3) is 0 Å². The van der Waals surface area contributed by atoms with Crippen molar-refractivity contribution in [3.8, 4) is 0 Å². The van der Waals surface area contributed by atoms with Crippen LogP contribution in [-0.2, 0) is 9.59 Å². The van der Waals surface area contributed by atoms with Crippen LogP contribution >= 0.6 is 0 Å². The molecule has 0 bridgehead atoms. The van der Waals surface area contributed by atoms with E-state index >= 15 is 0 Å². The third kappa shape index (κ3) is 4.20. The normalized spacial score (nSPS) is 23.6. The number of nitrogens with two attached hydrogens (primary N) is 2. The molecule has 0 atom stereocenters. The summed E-state index contributed by atoms with van der Waals surface area (Å²) in [4.78, 5) is 25.2. The highest BCUT2D eigenvalue weighted by molar-refractivity contribution is 5.77. The van der Waals surface area contributed by atoms with E-state index in [-0.39, 0.29) is 17.4 Å². The first-order chi connectivity index (χ1) is 9.48. The molecule has 5 nitrogen and oxygen atoms in total. The molecule has 1 saturated heterocycles. The highest BCUT2D eigenvalue weighted by atomic mass is 16.2. The van der Waals surface area contributed by atoms with E-state index in [0.29, 0.717) is 18.8 Å². The van der Waals surface area contributed by atoms with Crippen LogP contribution in [0.25, 0.3) is 0 Å². The minimum absolute atomic E-state index is 0.187. The molecule has 0 unspecified atom stereocenters. The third-order valence-corrected chi connectivity index (χ3v) is 4.81. The lowest BCUT2D eigenvalue weighted by molar-refractivity contribution is -0.134. The average molecular weight is 281 g/mol. The van der Waals surface area contributed by atoms with E-state index in [2.05, 4.69) is 0 Å². The van der Waals surface area contributed by atoms with E-state index in [1.54, 1.807) is 0 Å². The SMILES string of the molecule is NC(=O)CC1CCN(C(=O)CC2(N)CCCCC2)CC1. The highest BCUT2D eigenvalue weighted by Gasteiger charge is 2.33. The van der Waals surface area contributed by atoms with Crippen molar-refractivity contribution in [2.24, 2.45) is 17.4 Å². The molecule has 2 rings (SSSR count). The lowest BCUT2D eigenvalue weighted by Crippen LogP contribution is -2.48. The van der Waals surface area contributed by atoms with E-state index in [4.69, 9.17) is 11.5 Å². The number of piperidine rings is 1. The molecular formula is C15H27N3O2. The van der Waals surface area contributed by atoms with Gasteiger partial charge in [-0.15, -0.1) is 0 Å². The summed E-state index contributed by atoms with van der Waals surface area (Å²) >= 11 is 0. The fraction of sp³-hybridized carbons (Fsp3) is 0.867. The van der Waals surface area contributed by atoms with Gasteiger partial charge in [0.05, 0.1) is 0 Å². The van der Waals surface area contributed by atoms with Crippen molar-refractivity contribution in [1.29, 1.82) is 0 Å². The molecule has 1 aliphatic heterocycles. The first-order valence-electron chi connectivity index (χ1n) is 7.83. The summed E-state index contributed by atoms with van der Waals surface area (Å²) in [5.74, 6) is 0.294. The fourth-order valence-electron chi connectivity index (χ4n) is 3.52. The lowest BCUT2D eigenvalue weighted by Gasteiger charge is -2.37. The molecular weight excluding hydrogens is 254 g/mol. The number of carbonyl (C=O) groups is 2. The highest BCUT2D eigenvalue weighted by Crippen LogP contribution is 2.30. The molecule has 1 saturated carbocycles. The second-order valence-corrected chi connectivity index (χ2v) is 6.59. The Labute approximate surface area is 121 Å². The summed E-state index contributed by atoms with van der Waals surface area (Å²) in [6.07, 6.45) is 8.16. The van der Waals surface area contributed by atoms with Crippen LogP contribution in [0.1, 0.15) is 57.8 Å². The number of rotatable bonds is 4. The number of carbonyl (C=O) groups excluding carboxylic acids is 2. The van der Waals surface area contributed by atoms with Crippen LogP contribution in [0.5, 0.6) is 0 Å². The van der Waals surface area contributed by atoms with Crippen molar-refractivity contribution in [1.82, 2.24) is 4.90 Å². The Morgan fingerprint density at radius 1 is 1.10 bits per heavy atom. The van der Waals surface area contributed by atoms with Crippen molar-refractivity contribution in [2.75, 3.05) is 13.1 Å². The van der Waals surface area contributed by atoms with Crippen molar-refractivity contribution in [2.45, 2.75) is 63.3 Å². The Hall–Kier alpha value is -1.10. The Balaban J connectivity index is 1.78. The summed E-state index contributed by atoms with van der Waals surface area (Å²) in [5.41, 5.74) is 11.3. The van der Waals surface area contributed by atoms with Crippen LogP contribution in [0.2, 0.25) is 0 Å². The van der Waals surface area contributed by atoms with E-state index in [1.165, 1.54) is 6.42 Å². The fourth-order valence-corrected chi connectivity index (χ4v) is 3.52. The molecule has 2 amide bonds. The predicted octanol–water partition coefficient (Wildman–Crippen LogP) is 1.15. The summed E-state index contributed by atoms with van der Waals surface area (Å²) in [7, 11) is 0. The number of hydrogen-bond acceptors (Lipinski definition) is 3. The molecule has 0 aromatic heterocycles. The zero-order chi connectivity index (χ0) is 14.6. The molecule has 5 heteroatoms. The monoisotopic (exact) mass is 281 g/mol. The molecule has 20 heavy (non-hydrogen) atoms. The van der Waals surface area contributed by atoms with Crippen molar-refractivity contribution >= 4 is 11.8 Å². The number of likely N-dealkylation sites (tertiary alicyclic amines) is 1. The van der Waals surface area contributed by atoms with Crippen LogP contribution in [0, 0.1) is 5.92 Å². The maximum Gasteiger partial charge on any atom is 0.224 e. The van der Waals surface area contributed by atoms with Crippen molar-refractivity contribution < 1.29 is 9.59 Å². The Kier molecular flexibility index (Phi) is 5.02. The van der Waals surface area contributed by atoms with Crippen LogP contribution in [-0.4, -0.2) is 35.3 Å². The Morgan fingerprint density at radius 3 is 2.25 bits per heavy atom. The lowest BCUT2D eigenvalue weighted by atomic mass is 9.79. The maximum atomic E-state index is 12.4. The number of nitrogens with zero attached hydrogens (tertiary/aromatic N) is 1. The molecule has 4 N–H and O–H groups in total. The number of hydrogen-bond donors (Lipinski definition) is 2. The van der Waals surface area contributed by atoms with Crippen LogP contribution in [0.4, 0.5) is 0 Å². The maximum absolute atomic E-state index is 12.4. The minimum atomic E-state index is -0.278. The van der Waals surface area contributed by atoms with Gasteiger partial charge in [0.15, 0.2) is 0 Å². The molecule has 0 radical (unpaired) electrons. The Morgan fingerprint density at radius 2 is 1.70 bits per heavy atom. The van der Waals surface area contributed by atoms with Crippen LogP contribution < -0.4 is 11.5 Å². The molecule has 0 spiro atoms. The number of amides is 2. The van der Waals surface area contributed by atoms with Gasteiger partial charge in [-0.3, -0.25) is 9.59 Å². The van der Waals surface area contributed by atoms with Gasteiger partial charge in [-0.1, -0.05) is 19.3 Å². The smallest absolute Gasteiger partial charge is 0.224 e. The zero-order valence-corrected chi connectivity index (χ0v) is 12.3. The first kappa shape index (κ1) is 15.3. The van der Waals surface area contributed by atoms with Gasteiger partial charge in [-0.05, 0) is 31.6 Å². The average Bonchev–Trinajstić information content (AvgIpc) is 2.39. The van der Waals surface area contributed by atoms with Gasteiger partial charge >= 0.3 is 0 Å². The van der Waals surface area contributed by atoms with Crippen LogP contribution in [0.3, 0.4) is 0 Å². The molecule has 2 fully saturated rings. The second-order valence-electron chi connectivity index (χ2n) is 6.59. The predicted molar refractivity (Wildman–Crippen MR) is 77.7 cm³/mol. The van der Waals surface area contributed by atoms with E-state index in [1.807, 2.05) is 4.90 Å². The second kappa shape index (κ2) is 6.57. The van der Waals surface area contributed by atoms with Crippen molar-refractivity contribution in [3.63, 3.8) is 0 Å². The third-order valence-electron chi connectivity index (χ3n) is 4.81. The van der Waals surface area contributed by atoms with E-state index in [0.717, 1.165) is 51.6 Å². The molecule has 114 valence electrons. The summed E-state index contributed by atoms with van der Waals surface area (Å²) < 4.78 is 0. The largest absolute Gasteiger partial charge is 0.370 e. The van der Waals surface area contributed by atoms with Crippen LogP contribution in [0.15, 0.2) is 0 Å².